The first kappa shape index (κ1) is 26.6. The molecule has 6 heteroatoms. The fourth-order valence-corrected chi connectivity index (χ4v) is 11.0. The minimum absolute atomic E-state index is 0.0114. The summed E-state index contributed by atoms with van der Waals surface area (Å²) in [7, 11) is 0. The van der Waals surface area contributed by atoms with Gasteiger partial charge in [0.2, 0.25) is 0 Å². The summed E-state index contributed by atoms with van der Waals surface area (Å²) >= 11 is 0. The predicted molar refractivity (Wildman–Crippen MR) is 137 cm³/mol. The van der Waals surface area contributed by atoms with Crippen molar-refractivity contribution in [2.24, 2.45) is 50.7 Å². The van der Waals surface area contributed by atoms with Crippen molar-refractivity contribution in [1.29, 1.82) is 0 Å². The third-order valence-corrected chi connectivity index (χ3v) is 13.7. The first-order valence-electron chi connectivity index (χ1n) is 14.2. The van der Waals surface area contributed by atoms with Crippen molar-refractivity contribution in [3.63, 3.8) is 0 Å². The summed E-state index contributed by atoms with van der Waals surface area (Å²) in [5, 5.41) is 54.6. The Labute approximate surface area is 216 Å². The Morgan fingerprint density at radius 3 is 2.28 bits per heavy atom. The third-order valence-electron chi connectivity index (χ3n) is 13.7. The van der Waals surface area contributed by atoms with E-state index in [9.17, 15) is 30.3 Å². The van der Waals surface area contributed by atoms with Crippen LogP contribution >= 0.6 is 0 Å². The van der Waals surface area contributed by atoms with Gasteiger partial charge in [-0.1, -0.05) is 46.3 Å². The summed E-state index contributed by atoms with van der Waals surface area (Å²) in [5.41, 5.74) is -2.27. The maximum absolute atomic E-state index is 12.9. The maximum Gasteiger partial charge on any atom is 0.310 e. The molecule has 0 aromatic carbocycles. The van der Waals surface area contributed by atoms with E-state index >= 15 is 0 Å². The Bertz CT molecular complexity index is 974. The van der Waals surface area contributed by atoms with E-state index in [2.05, 4.69) is 33.8 Å². The van der Waals surface area contributed by atoms with Crippen molar-refractivity contribution in [2.45, 2.75) is 111 Å². The van der Waals surface area contributed by atoms with Crippen molar-refractivity contribution >= 4 is 5.97 Å². The van der Waals surface area contributed by atoms with Gasteiger partial charge in [-0.15, -0.1) is 0 Å². The van der Waals surface area contributed by atoms with Crippen LogP contribution in [0.4, 0.5) is 0 Å². The van der Waals surface area contributed by atoms with Crippen molar-refractivity contribution in [3.05, 3.63) is 11.6 Å². The van der Waals surface area contributed by atoms with Crippen LogP contribution in [-0.2, 0) is 4.79 Å². The number of aliphatic hydroxyl groups excluding tert-OH is 3. The van der Waals surface area contributed by atoms with Crippen LogP contribution in [0.3, 0.4) is 0 Å². The van der Waals surface area contributed by atoms with Crippen molar-refractivity contribution in [3.8, 4) is 0 Å². The molecule has 6 nitrogen and oxygen atoms in total. The molecule has 0 aliphatic heterocycles. The lowest BCUT2D eigenvalue weighted by Gasteiger charge is -2.72. The number of hydrogen-bond acceptors (Lipinski definition) is 5. The second-order valence-electron chi connectivity index (χ2n) is 14.7. The lowest BCUT2D eigenvalue weighted by Crippen LogP contribution is -2.69. The molecule has 4 fully saturated rings. The summed E-state index contributed by atoms with van der Waals surface area (Å²) in [4.78, 5) is 12.9. The monoisotopic (exact) mass is 504 g/mol. The molecule has 0 bridgehead atoms. The number of carboxylic acid groups (broad SMARTS) is 1. The zero-order valence-corrected chi connectivity index (χ0v) is 23.0. The molecule has 4 saturated carbocycles. The molecular formula is C30H48O6. The first-order chi connectivity index (χ1) is 16.6. The summed E-state index contributed by atoms with van der Waals surface area (Å²) in [6.07, 6.45) is 6.65. The normalized spacial score (nSPS) is 58.6. The Morgan fingerprint density at radius 1 is 1.00 bits per heavy atom. The molecule has 0 saturated heterocycles. The molecule has 5 aliphatic carbocycles. The molecule has 0 amide bonds. The largest absolute Gasteiger partial charge is 0.481 e. The van der Waals surface area contributed by atoms with Gasteiger partial charge in [-0.2, -0.15) is 0 Å². The highest BCUT2D eigenvalue weighted by molar-refractivity contribution is 5.77. The van der Waals surface area contributed by atoms with Gasteiger partial charge in [-0.3, -0.25) is 4.79 Å². The van der Waals surface area contributed by atoms with E-state index in [0.29, 0.717) is 18.8 Å². The molecule has 5 rings (SSSR count). The number of rotatable bonds is 2. The van der Waals surface area contributed by atoms with E-state index in [1.807, 2.05) is 6.92 Å². The molecule has 0 aromatic heterocycles. The van der Waals surface area contributed by atoms with Crippen LogP contribution in [0.5, 0.6) is 0 Å². The Morgan fingerprint density at radius 2 is 1.67 bits per heavy atom. The topological polar surface area (TPSA) is 118 Å². The van der Waals surface area contributed by atoms with Gasteiger partial charge in [-0.05, 0) is 86.4 Å². The fraction of sp³-hybridized carbons (Fsp3) is 0.900. The SMILES string of the molecule is CC1C(O)CC2(C(=O)O)CCC3(C)C(=CCC4C5(C)CCC(O)C(C)(CO)C5CCC43C)C2C1(C)O. The molecular weight excluding hydrogens is 456 g/mol. The van der Waals surface area contributed by atoms with Gasteiger partial charge in [0.1, 0.15) is 0 Å². The minimum Gasteiger partial charge on any atom is -0.481 e. The molecule has 12 atom stereocenters. The van der Waals surface area contributed by atoms with Crippen molar-refractivity contribution < 1.29 is 30.3 Å². The van der Waals surface area contributed by atoms with Crippen molar-refractivity contribution in [2.75, 3.05) is 6.61 Å². The van der Waals surface area contributed by atoms with E-state index in [4.69, 9.17) is 0 Å². The highest BCUT2D eigenvalue weighted by Gasteiger charge is 2.72. The van der Waals surface area contributed by atoms with E-state index in [1.54, 1.807) is 6.92 Å². The van der Waals surface area contributed by atoms with Crippen molar-refractivity contribution in [1.82, 2.24) is 0 Å². The standard InChI is InChI=1S/C30H48O6/c1-17-19(32)15-30(24(34)35)14-13-27(4)18(23(30)29(17,6)36)7-8-21-25(2)11-10-22(33)26(3,16-31)20(25)9-12-28(21,27)5/h7,17,19-23,31-33,36H,8-16H2,1-6H3,(H,34,35). The summed E-state index contributed by atoms with van der Waals surface area (Å²) in [6.45, 7) is 12.7. The van der Waals surface area contributed by atoms with E-state index in [1.165, 1.54) is 0 Å². The highest BCUT2D eigenvalue weighted by Crippen LogP contribution is 2.76. The number of allylic oxidation sites excluding steroid dienone is 1. The lowest BCUT2D eigenvalue weighted by atomic mass is 9.33. The zero-order chi connectivity index (χ0) is 26.7. The summed E-state index contributed by atoms with van der Waals surface area (Å²) < 4.78 is 0. The number of carbonyl (C=O) groups is 1. The molecule has 5 N–H and O–H groups in total. The smallest absolute Gasteiger partial charge is 0.310 e. The Kier molecular flexibility index (Phi) is 5.77. The van der Waals surface area contributed by atoms with Crippen LogP contribution in [0.15, 0.2) is 11.6 Å². The quantitative estimate of drug-likeness (QED) is 0.361. The molecule has 0 radical (unpaired) electrons. The Hall–Kier alpha value is -0.950. The highest BCUT2D eigenvalue weighted by atomic mass is 16.4. The Balaban J connectivity index is 1.64. The van der Waals surface area contributed by atoms with Gasteiger partial charge < -0.3 is 25.5 Å². The van der Waals surface area contributed by atoms with Crippen LogP contribution in [0.1, 0.15) is 92.9 Å². The van der Waals surface area contributed by atoms with E-state index < -0.39 is 46.4 Å². The zero-order valence-electron chi connectivity index (χ0n) is 23.0. The molecule has 0 aromatic rings. The molecule has 0 spiro atoms. The number of fused-ring (bicyclic) bond motifs is 7. The average molecular weight is 505 g/mol. The van der Waals surface area contributed by atoms with Gasteiger partial charge in [0, 0.05) is 17.3 Å². The van der Waals surface area contributed by atoms with Crippen LogP contribution in [-0.4, -0.2) is 55.9 Å². The molecule has 204 valence electrons. The van der Waals surface area contributed by atoms with Gasteiger partial charge in [0.15, 0.2) is 0 Å². The fourth-order valence-electron chi connectivity index (χ4n) is 11.0. The van der Waals surface area contributed by atoms with E-state index in [-0.39, 0.29) is 35.2 Å². The number of aliphatic hydroxyl groups is 4. The van der Waals surface area contributed by atoms with Crippen LogP contribution < -0.4 is 0 Å². The van der Waals surface area contributed by atoms with Gasteiger partial charge >= 0.3 is 5.97 Å². The van der Waals surface area contributed by atoms with Crippen LogP contribution in [0.25, 0.3) is 0 Å². The molecule has 0 heterocycles. The lowest BCUT2D eigenvalue weighted by molar-refractivity contribution is -0.232. The third kappa shape index (κ3) is 2.91. The molecule has 36 heavy (non-hydrogen) atoms. The summed E-state index contributed by atoms with van der Waals surface area (Å²) in [6, 6.07) is 0. The average Bonchev–Trinajstić information content (AvgIpc) is 2.80. The second-order valence-corrected chi connectivity index (χ2v) is 14.7. The molecule has 5 aliphatic rings. The van der Waals surface area contributed by atoms with Gasteiger partial charge in [0.25, 0.3) is 0 Å². The van der Waals surface area contributed by atoms with Crippen LogP contribution in [0.2, 0.25) is 0 Å². The van der Waals surface area contributed by atoms with Gasteiger partial charge in [-0.25, -0.2) is 0 Å². The van der Waals surface area contributed by atoms with E-state index in [0.717, 1.165) is 37.7 Å². The predicted octanol–water partition coefficient (Wildman–Crippen LogP) is 4.15. The molecule has 12 unspecified atom stereocenters. The summed E-state index contributed by atoms with van der Waals surface area (Å²) in [5.74, 6) is -1.26. The van der Waals surface area contributed by atoms with Crippen LogP contribution in [0, 0.1) is 50.7 Å². The maximum atomic E-state index is 12.9. The number of aliphatic carboxylic acids is 1. The first-order valence-corrected chi connectivity index (χ1v) is 14.2. The minimum atomic E-state index is -1.32. The number of carboxylic acids is 1. The number of hydrogen-bond donors (Lipinski definition) is 5. The van der Waals surface area contributed by atoms with Gasteiger partial charge in [0.05, 0.1) is 29.8 Å². The second kappa shape index (κ2) is 7.80.